The van der Waals surface area contributed by atoms with Crippen molar-refractivity contribution in [3.63, 3.8) is 0 Å². The highest BCUT2D eigenvalue weighted by Crippen LogP contribution is 2.37. The van der Waals surface area contributed by atoms with Gasteiger partial charge in [0.2, 0.25) is 0 Å². The number of nitrogens with zero attached hydrogens (tertiary/aromatic N) is 1. The largest absolute Gasteiger partial charge is 0.351 e. The summed E-state index contributed by atoms with van der Waals surface area (Å²) < 4.78 is 0. The lowest BCUT2D eigenvalue weighted by molar-refractivity contribution is -0.119. The molecule has 1 aliphatic rings. The zero-order chi connectivity index (χ0) is 18.3. The molecule has 6 nitrogen and oxygen atoms in total. The summed E-state index contributed by atoms with van der Waals surface area (Å²) in [5, 5.41) is 3.40. The Bertz CT molecular complexity index is 917. The standard InChI is InChI=1S/C16H10Cl3N3O3/c17-7-2-4-12-10(5-7)13(15(24)22(12)16(20)25)21-14(23)9-3-1-8(18)6-11(9)19/h1-6,13H,(H2,20,25)(H,21,23). The summed E-state index contributed by atoms with van der Waals surface area (Å²) in [6.45, 7) is 0. The fourth-order valence-corrected chi connectivity index (χ4v) is 3.27. The Kier molecular flexibility index (Phi) is 4.60. The van der Waals surface area contributed by atoms with Crippen LogP contribution in [-0.2, 0) is 4.79 Å². The van der Waals surface area contributed by atoms with Gasteiger partial charge in [-0.25, -0.2) is 9.69 Å². The number of hydrogen-bond donors (Lipinski definition) is 2. The van der Waals surface area contributed by atoms with Crippen molar-refractivity contribution < 1.29 is 14.4 Å². The molecule has 0 spiro atoms. The van der Waals surface area contributed by atoms with E-state index in [0.717, 1.165) is 4.90 Å². The SMILES string of the molecule is NC(=O)N1C(=O)C(NC(=O)c2ccc(Cl)cc2Cl)c2cc(Cl)ccc21. The average molecular weight is 399 g/mol. The number of hydrogen-bond acceptors (Lipinski definition) is 3. The Morgan fingerprint density at radius 2 is 1.68 bits per heavy atom. The summed E-state index contributed by atoms with van der Waals surface area (Å²) >= 11 is 17.8. The van der Waals surface area contributed by atoms with Crippen molar-refractivity contribution in [3.8, 4) is 0 Å². The number of amides is 4. The topological polar surface area (TPSA) is 92.5 Å². The zero-order valence-corrected chi connectivity index (χ0v) is 14.7. The molecule has 1 atom stereocenters. The van der Waals surface area contributed by atoms with E-state index in [4.69, 9.17) is 40.5 Å². The van der Waals surface area contributed by atoms with Crippen molar-refractivity contribution in [2.75, 3.05) is 4.90 Å². The number of imide groups is 1. The van der Waals surface area contributed by atoms with Gasteiger partial charge in [0.05, 0.1) is 16.3 Å². The monoisotopic (exact) mass is 397 g/mol. The molecular weight excluding hydrogens is 389 g/mol. The van der Waals surface area contributed by atoms with E-state index in [1.807, 2.05) is 0 Å². The lowest BCUT2D eigenvalue weighted by Gasteiger charge is -2.14. The van der Waals surface area contributed by atoms with Crippen molar-refractivity contribution in [2.45, 2.75) is 6.04 Å². The van der Waals surface area contributed by atoms with Gasteiger partial charge in [0, 0.05) is 15.6 Å². The molecule has 25 heavy (non-hydrogen) atoms. The summed E-state index contributed by atoms with van der Waals surface area (Å²) in [5.41, 5.74) is 6.05. The predicted molar refractivity (Wildman–Crippen MR) is 95.2 cm³/mol. The average Bonchev–Trinajstić information content (AvgIpc) is 2.79. The number of anilines is 1. The summed E-state index contributed by atoms with van der Waals surface area (Å²) in [4.78, 5) is 37.4. The molecule has 0 radical (unpaired) electrons. The first-order chi connectivity index (χ1) is 11.8. The number of rotatable bonds is 2. The first-order valence-corrected chi connectivity index (χ1v) is 8.11. The van der Waals surface area contributed by atoms with Crippen LogP contribution >= 0.6 is 34.8 Å². The van der Waals surface area contributed by atoms with Crippen molar-refractivity contribution >= 4 is 58.3 Å². The molecule has 3 rings (SSSR count). The highest BCUT2D eigenvalue weighted by molar-refractivity contribution is 6.37. The zero-order valence-electron chi connectivity index (χ0n) is 12.4. The van der Waals surface area contributed by atoms with E-state index in [9.17, 15) is 14.4 Å². The van der Waals surface area contributed by atoms with Gasteiger partial charge in [-0.1, -0.05) is 34.8 Å². The van der Waals surface area contributed by atoms with Crippen LogP contribution < -0.4 is 16.0 Å². The van der Waals surface area contributed by atoms with Crippen LogP contribution in [0.3, 0.4) is 0 Å². The number of primary amides is 1. The second-order valence-corrected chi connectivity index (χ2v) is 6.53. The van der Waals surface area contributed by atoms with Crippen LogP contribution in [-0.4, -0.2) is 17.8 Å². The normalized spacial score (nSPS) is 15.9. The van der Waals surface area contributed by atoms with Crippen LogP contribution in [0.4, 0.5) is 10.5 Å². The number of halogens is 3. The lowest BCUT2D eigenvalue weighted by atomic mass is 10.1. The minimum Gasteiger partial charge on any atom is -0.351 e. The van der Waals surface area contributed by atoms with E-state index in [1.54, 1.807) is 0 Å². The number of nitrogens with two attached hydrogens (primary N) is 1. The molecule has 128 valence electrons. The fraction of sp³-hybridized carbons (Fsp3) is 0.0625. The summed E-state index contributed by atoms with van der Waals surface area (Å²) in [5.74, 6) is -1.28. The maximum absolute atomic E-state index is 12.5. The van der Waals surface area contributed by atoms with E-state index >= 15 is 0 Å². The molecule has 0 aliphatic carbocycles. The molecule has 2 aromatic carbocycles. The minimum atomic E-state index is -1.11. The van der Waals surface area contributed by atoms with Gasteiger partial charge < -0.3 is 11.1 Å². The van der Waals surface area contributed by atoms with Crippen LogP contribution in [0.2, 0.25) is 15.1 Å². The summed E-state index contributed by atoms with van der Waals surface area (Å²) in [7, 11) is 0. The van der Waals surface area contributed by atoms with Crippen molar-refractivity contribution in [2.24, 2.45) is 5.73 Å². The van der Waals surface area contributed by atoms with E-state index in [1.165, 1.54) is 36.4 Å². The third kappa shape index (κ3) is 3.16. The maximum atomic E-state index is 12.5. The number of urea groups is 1. The van der Waals surface area contributed by atoms with Crippen LogP contribution in [0.25, 0.3) is 0 Å². The van der Waals surface area contributed by atoms with Gasteiger partial charge in [0.25, 0.3) is 11.8 Å². The predicted octanol–water partition coefficient (Wildman–Crippen LogP) is 3.54. The number of carbonyl (C=O) groups is 3. The Hall–Kier alpha value is -2.28. The van der Waals surface area contributed by atoms with Crippen molar-refractivity contribution in [1.82, 2.24) is 5.32 Å². The summed E-state index contributed by atoms with van der Waals surface area (Å²) in [6.07, 6.45) is 0. The quantitative estimate of drug-likeness (QED) is 0.810. The van der Waals surface area contributed by atoms with Crippen LogP contribution in [0.15, 0.2) is 36.4 Å². The molecule has 1 unspecified atom stereocenters. The van der Waals surface area contributed by atoms with E-state index in [-0.39, 0.29) is 16.3 Å². The molecular formula is C16H10Cl3N3O3. The van der Waals surface area contributed by atoms with Gasteiger partial charge in [-0.05, 0) is 36.4 Å². The highest BCUT2D eigenvalue weighted by atomic mass is 35.5. The van der Waals surface area contributed by atoms with Gasteiger partial charge in [0.15, 0.2) is 0 Å². The molecule has 1 aliphatic heterocycles. The second-order valence-electron chi connectivity index (χ2n) is 5.25. The number of fused-ring (bicyclic) bond motifs is 1. The molecule has 2 aromatic rings. The van der Waals surface area contributed by atoms with Gasteiger partial charge in [-0.2, -0.15) is 0 Å². The Morgan fingerprint density at radius 1 is 1.04 bits per heavy atom. The van der Waals surface area contributed by atoms with Crippen molar-refractivity contribution in [3.05, 3.63) is 62.6 Å². The Labute approximate surface area is 157 Å². The lowest BCUT2D eigenvalue weighted by Crippen LogP contribution is -2.43. The van der Waals surface area contributed by atoms with Gasteiger partial charge >= 0.3 is 6.03 Å². The second kappa shape index (κ2) is 6.55. The Morgan fingerprint density at radius 3 is 2.32 bits per heavy atom. The van der Waals surface area contributed by atoms with E-state index in [2.05, 4.69) is 5.32 Å². The molecule has 0 aromatic heterocycles. The highest BCUT2D eigenvalue weighted by Gasteiger charge is 2.41. The fourth-order valence-electron chi connectivity index (χ4n) is 2.59. The third-order valence-electron chi connectivity index (χ3n) is 3.68. The molecule has 4 amide bonds. The summed E-state index contributed by atoms with van der Waals surface area (Å²) in [6, 6.07) is 6.78. The first-order valence-electron chi connectivity index (χ1n) is 6.98. The molecule has 0 bridgehead atoms. The maximum Gasteiger partial charge on any atom is 0.326 e. The number of carbonyl (C=O) groups excluding carboxylic acids is 3. The number of nitrogens with one attached hydrogen (secondary N) is 1. The molecule has 9 heteroatoms. The van der Waals surface area contributed by atoms with Gasteiger partial charge in [0.1, 0.15) is 6.04 Å². The van der Waals surface area contributed by atoms with Gasteiger partial charge in [-0.3, -0.25) is 9.59 Å². The molecule has 0 fully saturated rings. The smallest absolute Gasteiger partial charge is 0.326 e. The van der Waals surface area contributed by atoms with E-state index < -0.39 is 23.9 Å². The molecule has 0 saturated heterocycles. The van der Waals surface area contributed by atoms with E-state index in [0.29, 0.717) is 15.6 Å². The number of benzene rings is 2. The third-order valence-corrected chi connectivity index (χ3v) is 4.46. The first kappa shape index (κ1) is 17.5. The molecule has 0 saturated carbocycles. The molecule has 1 heterocycles. The minimum absolute atomic E-state index is 0.133. The Balaban J connectivity index is 1.97. The molecule has 3 N–H and O–H groups in total. The van der Waals surface area contributed by atoms with Crippen LogP contribution in [0.1, 0.15) is 22.0 Å². The van der Waals surface area contributed by atoms with Crippen molar-refractivity contribution in [1.29, 1.82) is 0 Å². The van der Waals surface area contributed by atoms with Crippen LogP contribution in [0.5, 0.6) is 0 Å². The van der Waals surface area contributed by atoms with Gasteiger partial charge in [-0.15, -0.1) is 0 Å². The van der Waals surface area contributed by atoms with Crippen LogP contribution in [0, 0.1) is 0 Å².